The number of nitrogens with two attached hydrogens (primary N) is 1. The van der Waals surface area contributed by atoms with Crippen molar-refractivity contribution < 1.29 is 13.2 Å². The van der Waals surface area contributed by atoms with Crippen molar-refractivity contribution in [3.8, 4) is 0 Å². The molecule has 3 aromatic rings. The molecule has 146 valence electrons. The molecule has 1 amide bonds. The molecule has 0 saturated heterocycles. The van der Waals surface area contributed by atoms with Crippen LogP contribution in [0.4, 0.5) is 0 Å². The van der Waals surface area contributed by atoms with Gasteiger partial charge in [0.2, 0.25) is 15.9 Å². The van der Waals surface area contributed by atoms with Gasteiger partial charge in [0.1, 0.15) is 6.54 Å². The van der Waals surface area contributed by atoms with Crippen LogP contribution in [-0.4, -0.2) is 23.9 Å². The van der Waals surface area contributed by atoms with Crippen LogP contribution in [-0.2, 0) is 21.4 Å². The van der Waals surface area contributed by atoms with Crippen molar-refractivity contribution in [3.05, 3.63) is 74.9 Å². The molecule has 2 aromatic carbocycles. The number of carbonyl (C=O) groups excluding carboxylic acids is 1. The third-order valence-electron chi connectivity index (χ3n) is 4.26. The molecule has 0 saturated carbocycles. The maximum Gasteiger partial charge on any atom is 0.329 e. The van der Waals surface area contributed by atoms with Gasteiger partial charge in [-0.1, -0.05) is 24.3 Å². The molecule has 0 aliphatic rings. The van der Waals surface area contributed by atoms with E-state index in [0.29, 0.717) is 16.5 Å². The number of fused-ring (bicyclic) bond motifs is 1. The van der Waals surface area contributed by atoms with Gasteiger partial charge in [0.15, 0.2) is 0 Å². The van der Waals surface area contributed by atoms with Crippen LogP contribution >= 0.6 is 0 Å². The average Bonchev–Trinajstić information content (AvgIpc) is 2.64. The number of nitrogens with one attached hydrogen (secondary N) is 2. The Labute approximate surface area is 159 Å². The minimum absolute atomic E-state index is 0.0757. The number of hydrogen-bond acceptors (Lipinski definition) is 5. The summed E-state index contributed by atoms with van der Waals surface area (Å²) in [4.78, 5) is 39.5. The molecule has 0 radical (unpaired) electrons. The number of sulfonamides is 1. The topological polar surface area (TPSA) is 144 Å². The molecular weight excluding hydrogens is 384 g/mol. The maximum atomic E-state index is 12.5. The van der Waals surface area contributed by atoms with Crippen LogP contribution in [0.2, 0.25) is 0 Å². The number of hydrogen-bond donors (Lipinski definition) is 3. The summed E-state index contributed by atoms with van der Waals surface area (Å²) < 4.78 is 23.7. The molecule has 1 heterocycles. The Hall–Kier alpha value is -3.24. The highest BCUT2D eigenvalue weighted by atomic mass is 32.2. The lowest BCUT2D eigenvalue weighted by atomic mass is 10.1. The van der Waals surface area contributed by atoms with Gasteiger partial charge in [0.05, 0.1) is 21.8 Å². The van der Waals surface area contributed by atoms with Gasteiger partial charge in [-0.2, -0.15) is 0 Å². The molecule has 3 rings (SSSR count). The number of aromatic nitrogens is 2. The number of para-hydroxylation sites is 1. The van der Waals surface area contributed by atoms with E-state index in [9.17, 15) is 22.8 Å². The van der Waals surface area contributed by atoms with Crippen molar-refractivity contribution in [1.29, 1.82) is 0 Å². The van der Waals surface area contributed by atoms with Crippen LogP contribution in [0.25, 0.3) is 10.9 Å². The fourth-order valence-electron chi connectivity index (χ4n) is 2.82. The second-order valence-corrected chi connectivity index (χ2v) is 7.84. The fourth-order valence-corrected chi connectivity index (χ4v) is 3.39. The molecule has 0 spiro atoms. The number of nitrogens with zero attached hydrogens (tertiary/aromatic N) is 1. The third kappa shape index (κ3) is 4.02. The molecule has 9 nitrogen and oxygen atoms in total. The summed E-state index contributed by atoms with van der Waals surface area (Å²) in [5, 5.41) is 8.05. The predicted molar refractivity (Wildman–Crippen MR) is 103 cm³/mol. The number of primary sulfonamides is 1. The third-order valence-corrected chi connectivity index (χ3v) is 5.17. The molecule has 10 heteroatoms. The summed E-state index contributed by atoms with van der Waals surface area (Å²) in [6.45, 7) is 1.17. The molecule has 0 fully saturated rings. The highest BCUT2D eigenvalue weighted by Crippen LogP contribution is 2.16. The van der Waals surface area contributed by atoms with Crippen LogP contribution < -0.4 is 21.7 Å². The highest BCUT2D eigenvalue weighted by molar-refractivity contribution is 7.89. The van der Waals surface area contributed by atoms with E-state index in [0.717, 1.165) is 4.57 Å². The predicted octanol–water partition coefficient (Wildman–Crippen LogP) is 0.215. The van der Waals surface area contributed by atoms with E-state index in [-0.39, 0.29) is 4.90 Å². The summed E-state index contributed by atoms with van der Waals surface area (Å²) in [5.41, 5.74) is -0.358. The van der Waals surface area contributed by atoms with E-state index < -0.39 is 39.8 Å². The van der Waals surface area contributed by atoms with Crippen LogP contribution in [0.1, 0.15) is 18.5 Å². The van der Waals surface area contributed by atoms with Gasteiger partial charge in [0, 0.05) is 0 Å². The lowest BCUT2D eigenvalue weighted by molar-refractivity contribution is -0.122. The summed E-state index contributed by atoms with van der Waals surface area (Å²) in [6, 6.07) is 11.8. The largest absolute Gasteiger partial charge is 0.348 e. The van der Waals surface area contributed by atoms with Gasteiger partial charge in [-0.25, -0.2) is 18.4 Å². The number of benzene rings is 2. The second kappa shape index (κ2) is 7.41. The lowest BCUT2D eigenvalue weighted by Gasteiger charge is -2.15. The molecule has 0 aliphatic carbocycles. The Morgan fingerprint density at radius 1 is 1.18 bits per heavy atom. The number of aromatic amines is 1. The first-order chi connectivity index (χ1) is 13.2. The number of carbonyl (C=O) groups is 1. The molecule has 1 aromatic heterocycles. The summed E-state index contributed by atoms with van der Waals surface area (Å²) in [5.74, 6) is -0.573. The molecule has 1 atom stereocenters. The number of amides is 1. The average molecular weight is 402 g/mol. The number of rotatable bonds is 5. The van der Waals surface area contributed by atoms with Crippen molar-refractivity contribution in [2.75, 3.05) is 0 Å². The van der Waals surface area contributed by atoms with Gasteiger partial charge in [-0.05, 0) is 36.8 Å². The zero-order chi connectivity index (χ0) is 20.5. The van der Waals surface area contributed by atoms with E-state index >= 15 is 0 Å². The molecule has 0 bridgehead atoms. The molecule has 4 N–H and O–H groups in total. The monoisotopic (exact) mass is 402 g/mol. The van der Waals surface area contributed by atoms with Crippen LogP contribution in [0.15, 0.2) is 63.0 Å². The van der Waals surface area contributed by atoms with Crippen LogP contribution in [0.3, 0.4) is 0 Å². The normalized spacial score (nSPS) is 12.6. The Bertz CT molecular complexity index is 1280. The fraction of sp³-hybridized carbons (Fsp3) is 0.167. The van der Waals surface area contributed by atoms with E-state index in [2.05, 4.69) is 10.3 Å². The van der Waals surface area contributed by atoms with E-state index in [4.69, 9.17) is 5.14 Å². The first-order valence-electron chi connectivity index (χ1n) is 8.31. The van der Waals surface area contributed by atoms with Crippen molar-refractivity contribution in [2.45, 2.75) is 24.4 Å². The minimum Gasteiger partial charge on any atom is -0.348 e. The van der Waals surface area contributed by atoms with E-state index in [1.807, 2.05) is 0 Å². The maximum absolute atomic E-state index is 12.5. The van der Waals surface area contributed by atoms with Crippen LogP contribution in [0.5, 0.6) is 0 Å². The minimum atomic E-state index is -3.87. The summed E-state index contributed by atoms with van der Waals surface area (Å²) in [6.07, 6.45) is 0. The SMILES string of the molecule is CC(NC(=O)Cn1c(=O)[nH]c2ccccc2c1=O)c1cccc(S(N)(=O)=O)c1. The zero-order valence-corrected chi connectivity index (χ0v) is 15.7. The van der Waals surface area contributed by atoms with Crippen molar-refractivity contribution >= 4 is 26.8 Å². The number of H-pyrrole nitrogens is 1. The molecular formula is C18H18N4O5S. The standard InChI is InChI=1S/C18H18N4O5S/c1-11(12-5-4-6-13(9-12)28(19,26)27)20-16(23)10-22-17(24)14-7-2-3-8-15(14)21-18(22)25/h2-9,11H,10H2,1H3,(H,20,23)(H,21,25)(H2,19,26,27). The van der Waals surface area contributed by atoms with Gasteiger partial charge in [-0.15, -0.1) is 0 Å². The van der Waals surface area contributed by atoms with Crippen LogP contribution in [0, 0.1) is 0 Å². The second-order valence-electron chi connectivity index (χ2n) is 6.27. The van der Waals surface area contributed by atoms with Gasteiger partial charge >= 0.3 is 5.69 Å². The Morgan fingerprint density at radius 3 is 2.61 bits per heavy atom. The lowest BCUT2D eigenvalue weighted by Crippen LogP contribution is -2.41. The zero-order valence-electron chi connectivity index (χ0n) is 14.9. The van der Waals surface area contributed by atoms with Crippen molar-refractivity contribution in [3.63, 3.8) is 0 Å². The molecule has 0 aliphatic heterocycles. The van der Waals surface area contributed by atoms with E-state index in [1.165, 1.54) is 18.2 Å². The van der Waals surface area contributed by atoms with Crippen molar-refractivity contribution in [1.82, 2.24) is 14.9 Å². The van der Waals surface area contributed by atoms with Gasteiger partial charge in [-0.3, -0.25) is 14.2 Å². The molecule has 1 unspecified atom stereocenters. The summed E-state index contributed by atoms with van der Waals surface area (Å²) in [7, 11) is -3.87. The summed E-state index contributed by atoms with van der Waals surface area (Å²) >= 11 is 0. The quantitative estimate of drug-likeness (QED) is 0.559. The first-order valence-corrected chi connectivity index (χ1v) is 9.85. The smallest absolute Gasteiger partial charge is 0.329 e. The van der Waals surface area contributed by atoms with Gasteiger partial charge < -0.3 is 10.3 Å². The first kappa shape index (κ1) is 19.5. The van der Waals surface area contributed by atoms with Gasteiger partial charge in [0.25, 0.3) is 5.56 Å². The Morgan fingerprint density at radius 2 is 1.89 bits per heavy atom. The molecule has 28 heavy (non-hydrogen) atoms. The highest BCUT2D eigenvalue weighted by Gasteiger charge is 2.16. The van der Waals surface area contributed by atoms with E-state index in [1.54, 1.807) is 37.3 Å². The Kier molecular flexibility index (Phi) is 5.16. The Balaban J connectivity index is 1.82. The van der Waals surface area contributed by atoms with Crippen molar-refractivity contribution in [2.24, 2.45) is 5.14 Å².